The molecule has 0 aromatic carbocycles. The molecule has 1 aliphatic rings. The first-order valence-corrected chi connectivity index (χ1v) is 30.6. The highest BCUT2D eigenvalue weighted by molar-refractivity contribution is 5.99. The summed E-state index contributed by atoms with van der Waals surface area (Å²) in [6.07, 6.45) is 3.04. The number of likely N-dealkylation sites (N-methyl/N-ethyl adjacent to an activating group) is 7. The summed E-state index contributed by atoms with van der Waals surface area (Å²) in [5.74, 6) is -9.71. The third kappa shape index (κ3) is 21.7. The average molecular weight is 1200 g/mol. The SMILES string of the molecule is C/C=C/C[C@@H](C)[C@@H](O)[C@H]1C(=O)N[C@@H](CC)C(=O)N(C)CC(=O)N(C)[C@@H](CC(C)C)C(=O)NC(C(C)C)C(=O)N(C)[C@@H](CC(C)C)C(=O)NC(C)C(=O)N[C@H](C)C(=O)N(C)[C@@H](CC(C)C)C(=O)N(C)C(CC(C)C)C(=O)N(C)[C@@H](C(C)C)C(=O)N1C. The fraction of sp³-hybridized carbons (Fsp3) is 0.790. The number of carbonyl (C=O) groups excluding carboxylic acids is 11. The van der Waals surface area contributed by atoms with Crippen LogP contribution in [0.4, 0.5) is 0 Å². The molecule has 0 aromatic rings. The van der Waals surface area contributed by atoms with Gasteiger partial charge in [0.15, 0.2) is 0 Å². The van der Waals surface area contributed by atoms with Crippen LogP contribution in [0, 0.1) is 41.4 Å². The molecule has 1 aliphatic heterocycles. The predicted octanol–water partition coefficient (Wildman–Crippen LogP) is 3.27. The molecule has 0 spiro atoms. The van der Waals surface area contributed by atoms with Gasteiger partial charge in [-0.15, -0.1) is 0 Å². The highest BCUT2D eigenvalue weighted by Gasteiger charge is 2.45. The molecule has 23 heteroatoms. The smallest absolute Gasteiger partial charge is 0.246 e. The summed E-state index contributed by atoms with van der Waals surface area (Å²) in [7, 11) is 9.92. The summed E-state index contributed by atoms with van der Waals surface area (Å²) in [6.45, 7) is 29.3. The zero-order valence-electron chi connectivity index (χ0n) is 56.1. The molecule has 11 amide bonds. The van der Waals surface area contributed by atoms with E-state index in [9.17, 15) is 48.3 Å². The summed E-state index contributed by atoms with van der Waals surface area (Å²) in [5.41, 5.74) is 0. The lowest BCUT2D eigenvalue weighted by atomic mass is 9.91. The first-order chi connectivity index (χ1) is 39.2. The molecule has 1 fully saturated rings. The van der Waals surface area contributed by atoms with Gasteiger partial charge in [-0.3, -0.25) is 52.7 Å². The van der Waals surface area contributed by atoms with Crippen LogP contribution in [0.15, 0.2) is 12.2 Å². The number of nitrogens with one attached hydrogen (secondary N) is 4. The van der Waals surface area contributed by atoms with Crippen LogP contribution in [0.5, 0.6) is 0 Å². The molecular weight excluding hydrogens is 1090 g/mol. The minimum absolute atomic E-state index is 0.0229. The van der Waals surface area contributed by atoms with Crippen LogP contribution in [0.1, 0.15) is 156 Å². The Kier molecular flexibility index (Phi) is 31.5. The van der Waals surface area contributed by atoms with Crippen molar-refractivity contribution >= 4 is 65.0 Å². The Hall–Kier alpha value is -6.13. The number of hydrogen-bond donors (Lipinski definition) is 5. The molecule has 486 valence electrons. The lowest BCUT2D eigenvalue weighted by Gasteiger charge is -2.41. The molecule has 12 atom stereocenters. The number of amides is 11. The minimum Gasteiger partial charge on any atom is -0.390 e. The van der Waals surface area contributed by atoms with Crippen LogP contribution >= 0.6 is 0 Å². The van der Waals surface area contributed by atoms with Gasteiger partial charge in [-0.2, -0.15) is 0 Å². The second kappa shape index (κ2) is 34.9. The zero-order chi connectivity index (χ0) is 66.0. The van der Waals surface area contributed by atoms with Crippen molar-refractivity contribution in [3.8, 4) is 0 Å². The molecule has 5 N–H and O–H groups in total. The van der Waals surface area contributed by atoms with E-state index < -0.39 is 156 Å². The normalized spacial score (nSPS) is 26.9. The van der Waals surface area contributed by atoms with Gasteiger partial charge in [-0.05, 0) is 101 Å². The number of hydrogen-bond acceptors (Lipinski definition) is 12. The maximum atomic E-state index is 15.1. The summed E-state index contributed by atoms with van der Waals surface area (Å²) in [5, 5.41) is 23.1. The fourth-order valence-corrected chi connectivity index (χ4v) is 10.7. The third-order valence-corrected chi connectivity index (χ3v) is 16.1. The van der Waals surface area contributed by atoms with Crippen molar-refractivity contribution in [2.24, 2.45) is 41.4 Å². The second-order valence-electron chi connectivity index (χ2n) is 26.1. The molecule has 0 aromatic heterocycles. The Morgan fingerprint density at radius 3 is 1.32 bits per heavy atom. The van der Waals surface area contributed by atoms with Gasteiger partial charge >= 0.3 is 0 Å². The number of aliphatic hydroxyl groups is 1. The lowest BCUT2D eigenvalue weighted by Crippen LogP contribution is -2.63. The van der Waals surface area contributed by atoms with Crippen LogP contribution in [0.25, 0.3) is 0 Å². The molecular formula is C62H111N11O12. The molecule has 23 nitrogen and oxygen atoms in total. The largest absolute Gasteiger partial charge is 0.390 e. The molecule has 3 unspecified atom stereocenters. The van der Waals surface area contributed by atoms with Gasteiger partial charge in [0.25, 0.3) is 0 Å². The monoisotopic (exact) mass is 1200 g/mol. The maximum absolute atomic E-state index is 15.1. The van der Waals surface area contributed by atoms with Crippen molar-refractivity contribution in [2.45, 2.75) is 223 Å². The van der Waals surface area contributed by atoms with Crippen molar-refractivity contribution in [3.63, 3.8) is 0 Å². The number of nitrogens with zero attached hydrogens (tertiary/aromatic N) is 7. The van der Waals surface area contributed by atoms with Gasteiger partial charge < -0.3 is 60.7 Å². The molecule has 1 heterocycles. The molecule has 85 heavy (non-hydrogen) atoms. The number of rotatable bonds is 15. The van der Waals surface area contributed by atoms with Crippen LogP contribution < -0.4 is 21.3 Å². The first-order valence-electron chi connectivity index (χ1n) is 30.6. The van der Waals surface area contributed by atoms with Crippen molar-refractivity contribution in [1.29, 1.82) is 0 Å². The molecule has 0 aliphatic carbocycles. The van der Waals surface area contributed by atoms with Crippen LogP contribution in [-0.4, -0.2) is 227 Å². The van der Waals surface area contributed by atoms with Crippen molar-refractivity contribution in [3.05, 3.63) is 12.2 Å². The first kappa shape index (κ1) is 76.9. The number of aliphatic hydroxyl groups excluding tert-OH is 1. The van der Waals surface area contributed by atoms with Crippen molar-refractivity contribution < 1.29 is 57.8 Å². The summed E-state index contributed by atoms with van der Waals surface area (Å²) < 4.78 is 0. The Labute approximate surface area is 508 Å². The Balaban J connectivity index is 4.32. The van der Waals surface area contributed by atoms with E-state index in [2.05, 4.69) is 21.3 Å². The Morgan fingerprint density at radius 2 is 0.871 bits per heavy atom. The summed E-state index contributed by atoms with van der Waals surface area (Å²) in [6, 6.07) is -12.3. The van der Waals surface area contributed by atoms with E-state index in [1.54, 1.807) is 54.5 Å². The third-order valence-electron chi connectivity index (χ3n) is 16.1. The predicted molar refractivity (Wildman–Crippen MR) is 328 cm³/mol. The molecule has 1 rings (SSSR count). The van der Waals surface area contributed by atoms with Gasteiger partial charge in [0, 0.05) is 49.3 Å². The fourth-order valence-electron chi connectivity index (χ4n) is 10.7. The van der Waals surface area contributed by atoms with E-state index in [1.165, 1.54) is 87.7 Å². The van der Waals surface area contributed by atoms with E-state index in [-0.39, 0.29) is 55.8 Å². The summed E-state index contributed by atoms with van der Waals surface area (Å²) >= 11 is 0. The van der Waals surface area contributed by atoms with Crippen LogP contribution in [0.2, 0.25) is 0 Å². The molecule has 0 bridgehead atoms. The van der Waals surface area contributed by atoms with E-state index >= 15 is 9.59 Å². The second-order valence-corrected chi connectivity index (χ2v) is 26.1. The Morgan fingerprint density at radius 1 is 0.459 bits per heavy atom. The Bertz CT molecular complexity index is 2330. The maximum Gasteiger partial charge on any atom is 0.246 e. The van der Waals surface area contributed by atoms with Crippen LogP contribution in [0.3, 0.4) is 0 Å². The van der Waals surface area contributed by atoms with Crippen molar-refractivity contribution in [2.75, 3.05) is 55.9 Å². The van der Waals surface area contributed by atoms with Gasteiger partial charge in [-0.1, -0.05) is 109 Å². The molecule has 0 saturated carbocycles. The van der Waals surface area contributed by atoms with Crippen LogP contribution in [-0.2, 0) is 52.7 Å². The van der Waals surface area contributed by atoms with Gasteiger partial charge in [0.1, 0.15) is 60.4 Å². The number of carbonyl (C=O) groups is 11. The average Bonchev–Trinajstić information content (AvgIpc) is 3.62. The van der Waals surface area contributed by atoms with Gasteiger partial charge in [-0.25, -0.2) is 0 Å². The highest BCUT2D eigenvalue weighted by Crippen LogP contribution is 2.26. The molecule has 1 saturated heterocycles. The van der Waals surface area contributed by atoms with E-state index in [1.807, 2.05) is 61.5 Å². The van der Waals surface area contributed by atoms with Gasteiger partial charge in [0.2, 0.25) is 65.0 Å². The number of allylic oxidation sites excluding steroid dienone is 2. The standard InChI is InChI=1S/C62H111N11O12/c1-25-27-28-40(15)52(75)51-56(79)65-43(26-2)58(81)67(18)33-48(74)68(19)44(29-34(3)4)55(78)66-49(38(11)12)61(84)69(20)45(30-35(5)6)54(77)63-41(16)53(76)64-42(17)57(80)70(21)46(31-36(7)8)59(82)71(22)47(32-37(9)10)60(83)72(23)50(39(13)14)62(85)73(51)24/h25,27,34-47,49-52,75H,26,28-33H2,1-24H3,(H,63,77)(H,64,76)(H,65,79)(H,66,78)/b27-25+/t40-,41?,42-,43+,44+,45+,46+,47?,49?,50+,51+,52-/m1/s1. The van der Waals surface area contributed by atoms with Crippen molar-refractivity contribution in [1.82, 2.24) is 55.6 Å². The quantitative estimate of drug-likeness (QED) is 0.148. The van der Waals surface area contributed by atoms with E-state index in [0.717, 1.165) is 9.80 Å². The lowest BCUT2D eigenvalue weighted by molar-refractivity contribution is -0.157. The summed E-state index contributed by atoms with van der Waals surface area (Å²) in [4.78, 5) is 169. The van der Waals surface area contributed by atoms with Gasteiger partial charge in [0.05, 0.1) is 12.6 Å². The topological polar surface area (TPSA) is 279 Å². The highest BCUT2D eigenvalue weighted by atomic mass is 16.3. The van der Waals surface area contributed by atoms with E-state index in [4.69, 9.17) is 0 Å². The zero-order valence-corrected chi connectivity index (χ0v) is 56.1. The van der Waals surface area contributed by atoms with E-state index in [0.29, 0.717) is 6.42 Å². The molecule has 0 radical (unpaired) electrons. The minimum atomic E-state index is -1.61.